The third-order valence-electron chi connectivity index (χ3n) is 4.17. The predicted molar refractivity (Wildman–Crippen MR) is 74.4 cm³/mol. The number of halogens is 2. The van der Waals surface area contributed by atoms with E-state index in [1.54, 1.807) is 6.92 Å². The van der Waals surface area contributed by atoms with Crippen molar-refractivity contribution in [2.75, 3.05) is 33.4 Å². The highest BCUT2D eigenvalue weighted by Gasteiger charge is 2.57. The van der Waals surface area contributed by atoms with Crippen LogP contribution in [0.5, 0.6) is 0 Å². The van der Waals surface area contributed by atoms with Gasteiger partial charge in [-0.1, -0.05) is 12.7 Å². The van der Waals surface area contributed by atoms with Gasteiger partial charge in [0.15, 0.2) is 5.60 Å². The predicted octanol–water partition coefficient (Wildman–Crippen LogP) is 0.734. The first kappa shape index (κ1) is 17.3. The number of hydrogen-bond donors (Lipinski definition) is 1. The van der Waals surface area contributed by atoms with Gasteiger partial charge in [0.2, 0.25) is 0 Å². The number of carbonyl (C=O) groups is 1. The molecule has 0 aliphatic carbocycles. The van der Waals surface area contributed by atoms with E-state index in [1.807, 2.05) is 0 Å². The van der Waals surface area contributed by atoms with Gasteiger partial charge in [-0.25, -0.2) is 13.6 Å². The van der Waals surface area contributed by atoms with Crippen LogP contribution in [0.15, 0.2) is 12.7 Å². The summed E-state index contributed by atoms with van der Waals surface area (Å²) in [6, 6.07) is -1.41. The first-order chi connectivity index (χ1) is 10.3. The molecule has 0 bridgehead atoms. The molecule has 1 N–H and O–H groups in total. The molecule has 0 spiro atoms. The van der Waals surface area contributed by atoms with Crippen LogP contribution in [0, 0.1) is 0 Å². The smallest absolute Gasteiger partial charge is 0.338 e. The number of alkyl halides is 2. The molecule has 126 valence electrons. The van der Waals surface area contributed by atoms with Crippen molar-refractivity contribution in [3.63, 3.8) is 0 Å². The molecular weight excluding hydrogens is 298 g/mol. The second kappa shape index (κ2) is 6.57. The van der Waals surface area contributed by atoms with Gasteiger partial charge in [-0.15, -0.1) is 0 Å². The number of hydroxylamine groups is 2. The van der Waals surface area contributed by atoms with E-state index in [-0.39, 0.29) is 32.7 Å². The van der Waals surface area contributed by atoms with E-state index in [2.05, 4.69) is 11.9 Å². The quantitative estimate of drug-likeness (QED) is 0.551. The van der Waals surface area contributed by atoms with Crippen LogP contribution in [0.2, 0.25) is 0 Å². The number of nitrogens with one attached hydrogen (secondary N) is 1. The number of ether oxygens (including phenoxy) is 2. The highest BCUT2D eigenvalue weighted by Crippen LogP contribution is 2.35. The second-order valence-corrected chi connectivity index (χ2v) is 5.70. The van der Waals surface area contributed by atoms with E-state index in [1.165, 1.54) is 18.2 Å². The molecule has 0 aromatic carbocycles. The SMILES string of the molecule is C=CCOC(=O)C(C)(CCN1OC[C@H]2NCC(F)(F)[C@H]21)OC. The first-order valence-corrected chi connectivity index (χ1v) is 7.18. The van der Waals surface area contributed by atoms with Crippen molar-refractivity contribution in [3.05, 3.63) is 12.7 Å². The fourth-order valence-electron chi connectivity index (χ4n) is 2.70. The summed E-state index contributed by atoms with van der Waals surface area (Å²) in [6.45, 7) is 5.09. The van der Waals surface area contributed by atoms with Crippen molar-refractivity contribution >= 4 is 5.97 Å². The summed E-state index contributed by atoms with van der Waals surface area (Å²) in [5.41, 5.74) is -1.22. The summed E-state index contributed by atoms with van der Waals surface area (Å²) in [5, 5.41) is 4.00. The topological polar surface area (TPSA) is 60.0 Å². The summed E-state index contributed by atoms with van der Waals surface area (Å²) in [5.74, 6) is -3.41. The van der Waals surface area contributed by atoms with Crippen LogP contribution in [0.1, 0.15) is 13.3 Å². The lowest BCUT2D eigenvalue weighted by atomic mass is 10.0. The van der Waals surface area contributed by atoms with Crippen LogP contribution in [-0.4, -0.2) is 68.1 Å². The Morgan fingerprint density at radius 3 is 3.00 bits per heavy atom. The summed E-state index contributed by atoms with van der Waals surface area (Å²) in [4.78, 5) is 17.3. The van der Waals surface area contributed by atoms with Crippen LogP contribution >= 0.6 is 0 Å². The number of carbonyl (C=O) groups excluding carboxylic acids is 1. The Kier molecular flexibility index (Phi) is 5.16. The van der Waals surface area contributed by atoms with Crippen molar-refractivity contribution in [3.8, 4) is 0 Å². The van der Waals surface area contributed by atoms with Gasteiger partial charge in [0.1, 0.15) is 12.6 Å². The number of nitrogens with zero attached hydrogens (tertiary/aromatic N) is 1. The molecule has 0 amide bonds. The van der Waals surface area contributed by atoms with Crippen molar-refractivity contribution in [2.45, 2.75) is 37.0 Å². The average molecular weight is 320 g/mol. The van der Waals surface area contributed by atoms with Crippen molar-refractivity contribution in [1.82, 2.24) is 10.4 Å². The number of esters is 1. The fraction of sp³-hybridized carbons (Fsp3) is 0.786. The maximum Gasteiger partial charge on any atom is 0.338 e. The van der Waals surface area contributed by atoms with E-state index >= 15 is 0 Å². The Morgan fingerprint density at radius 1 is 1.64 bits per heavy atom. The molecule has 3 atom stereocenters. The number of methoxy groups -OCH3 is 1. The summed E-state index contributed by atoms with van der Waals surface area (Å²) in [7, 11) is 1.38. The molecule has 2 saturated heterocycles. The molecule has 0 aromatic heterocycles. The van der Waals surface area contributed by atoms with E-state index < -0.39 is 29.6 Å². The Balaban J connectivity index is 1.95. The summed E-state index contributed by atoms with van der Waals surface area (Å²) >= 11 is 0. The van der Waals surface area contributed by atoms with Crippen LogP contribution < -0.4 is 5.32 Å². The lowest BCUT2D eigenvalue weighted by Gasteiger charge is -2.30. The van der Waals surface area contributed by atoms with Gasteiger partial charge in [0, 0.05) is 20.1 Å². The molecule has 6 nitrogen and oxygen atoms in total. The molecule has 0 saturated carbocycles. The van der Waals surface area contributed by atoms with Gasteiger partial charge in [0.25, 0.3) is 5.92 Å². The van der Waals surface area contributed by atoms with Gasteiger partial charge in [0.05, 0.1) is 19.2 Å². The zero-order valence-corrected chi connectivity index (χ0v) is 12.8. The molecule has 1 unspecified atom stereocenters. The summed E-state index contributed by atoms with van der Waals surface area (Å²) < 4.78 is 37.9. The molecule has 2 aliphatic heterocycles. The second-order valence-electron chi connectivity index (χ2n) is 5.70. The highest BCUT2D eigenvalue weighted by molar-refractivity contribution is 5.79. The minimum absolute atomic E-state index is 0.0741. The van der Waals surface area contributed by atoms with Crippen LogP contribution in [-0.2, 0) is 19.1 Å². The Labute approximate surface area is 128 Å². The van der Waals surface area contributed by atoms with Crippen LogP contribution in [0.3, 0.4) is 0 Å². The van der Waals surface area contributed by atoms with E-state index in [4.69, 9.17) is 14.3 Å². The Morgan fingerprint density at radius 2 is 2.36 bits per heavy atom. The largest absolute Gasteiger partial charge is 0.459 e. The summed E-state index contributed by atoms with van der Waals surface area (Å²) in [6.07, 6.45) is 1.63. The number of hydrogen-bond acceptors (Lipinski definition) is 6. The Hall–Kier alpha value is -1.09. The molecule has 8 heteroatoms. The zero-order valence-electron chi connectivity index (χ0n) is 12.8. The van der Waals surface area contributed by atoms with E-state index in [9.17, 15) is 13.6 Å². The van der Waals surface area contributed by atoms with Crippen molar-refractivity contribution in [1.29, 1.82) is 0 Å². The normalized spacial score (nSPS) is 29.8. The zero-order chi connectivity index (χ0) is 16.4. The van der Waals surface area contributed by atoms with E-state index in [0.717, 1.165) is 0 Å². The minimum Gasteiger partial charge on any atom is -0.459 e. The van der Waals surface area contributed by atoms with Gasteiger partial charge in [-0.05, 0) is 6.92 Å². The van der Waals surface area contributed by atoms with Gasteiger partial charge >= 0.3 is 5.97 Å². The minimum atomic E-state index is -2.85. The van der Waals surface area contributed by atoms with Gasteiger partial charge in [-0.3, -0.25) is 4.84 Å². The lowest BCUT2D eigenvalue weighted by molar-refractivity contribution is -0.192. The molecule has 0 aromatic rings. The maximum atomic E-state index is 13.9. The molecule has 2 heterocycles. The molecular formula is C14H22F2N2O4. The average Bonchev–Trinajstić information content (AvgIpc) is 3.04. The molecule has 22 heavy (non-hydrogen) atoms. The standard InChI is InChI=1S/C14H22F2N2O4/c1-4-7-21-12(19)13(2,20-3)5-6-18-11-10(8-22-18)17-9-14(11,15)16/h4,10-11,17H,1,5-9H2,2-3H3/t10-,11+,13?/m1/s1. The third-order valence-corrected chi connectivity index (χ3v) is 4.17. The molecule has 2 fully saturated rings. The van der Waals surface area contributed by atoms with Gasteiger partial charge < -0.3 is 14.8 Å². The van der Waals surface area contributed by atoms with Crippen LogP contribution in [0.25, 0.3) is 0 Å². The molecule has 2 rings (SSSR count). The third kappa shape index (κ3) is 3.29. The van der Waals surface area contributed by atoms with Gasteiger partial charge in [-0.2, -0.15) is 5.06 Å². The molecule has 0 radical (unpaired) electrons. The Bertz CT molecular complexity index is 435. The monoisotopic (exact) mass is 320 g/mol. The van der Waals surface area contributed by atoms with E-state index in [0.29, 0.717) is 0 Å². The molecule has 2 aliphatic rings. The fourth-order valence-corrected chi connectivity index (χ4v) is 2.70. The van der Waals surface area contributed by atoms with Crippen molar-refractivity contribution < 1.29 is 27.9 Å². The lowest BCUT2D eigenvalue weighted by Crippen LogP contribution is -2.48. The highest BCUT2D eigenvalue weighted by atomic mass is 19.3. The van der Waals surface area contributed by atoms with Crippen LogP contribution in [0.4, 0.5) is 8.78 Å². The first-order valence-electron chi connectivity index (χ1n) is 7.18. The number of rotatable bonds is 7. The van der Waals surface area contributed by atoms with Crippen molar-refractivity contribution in [2.24, 2.45) is 0 Å². The number of fused-ring (bicyclic) bond motifs is 1. The maximum absolute atomic E-state index is 13.9.